The van der Waals surface area contributed by atoms with Crippen molar-refractivity contribution in [3.63, 3.8) is 0 Å². The molecule has 6 heteroatoms. The first-order chi connectivity index (χ1) is 5.72. The van der Waals surface area contributed by atoms with Gasteiger partial charge in [-0.2, -0.15) is 4.98 Å². The highest BCUT2D eigenvalue weighted by Gasteiger charge is 2.06. The molecule has 0 unspecified atom stereocenters. The van der Waals surface area contributed by atoms with Gasteiger partial charge in [-0.05, 0) is 6.92 Å². The number of hydrogen-bond acceptors (Lipinski definition) is 4. The standard InChI is InChI=1S/C6H8ClN3O2/c1-4-8-6(12-10-4)9-5(11)2-3-7/h2-3H2,1H3,(H,8,9,10,11). The highest BCUT2D eigenvalue weighted by atomic mass is 35.5. The molecule has 0 aromatic carbocycles. The molecule has 1 aromatic heterocycles. The van der Waals surface area contributed by atoms with Crippen LogP contribution in [-0.2, 0) is 4.79 Å². The number of nitrogens with one attached hydrogen (secondary N) is 1. The van der Waals surface area contributed by atoms with Crippen molar-refractivity contribution in [3.8, 4) is 0 Å². The van der Waals surface area contributed by atoms with E-state index in [1.807, 2.05) is 0 Å². The second-order valence-electron chi connectivity index (χ2n) is 2.13. The number of halogens is 1. The van der Waals surface area contributed by atoms with Gasteiger partial charge in [-0.1, -0.05) is 5.16 Å². The van der Waals surface area contributed by atoms with E-state index in [4.69, 9.17) is 11.6 Å². The van der Waals surface area contributed by atoms with Crippen LogP contribution in [0.15, 0.2) is 4.52 Å². The van der Waals surface area contributed by atoms with Gasteiger partial charge in [0.1, 0.15) is 0 Å². The van der Waals surface area contributed by atoms with Crippen LogP contribution in [-0.4, -0.2) is 21.9 Å². The molecule has 0 aliphatic carbocycles. The zero-order valence-corrected chi connectivity index (χ0v) is 7.26. The van der Waals surface area contributed by atoms with Crippen molar-refractivity contribution in [2.24, 2.45) is 0 Å². The summed E-state index contributed by atoms with van der Waals surface area (Å²) in [5.41, 5.74) is 0. The van der Waals surface area contributed by atoms with Crippen molar-refractivity contribution in [1.29, 1.82) is 0 Å². The molecular weight excluding hydrogens is 182 g/mol. The Labute approximate surface area is 74.1 Å². The molecule has 0 fully saturated rings. The number of anilines is 1. The monoisotopic (exact) mass is 189 g/mol. The summed E-state index contributed by atoms with van der Waals surface area (Å²) in [5, 5.41) is 5.90. The van der Waals surface area contributed by atoms with Gasteiger partial charge in [0.25, 0.3) is 0 Å². The molecule has 0 aliphatic rings. The average Bonchev–Trinajstić information content (AvgIpc) is 2.36. The van der Waals surface area contributed by atoms with E-state index in [9.17, 15) is 4.79 Å². The van der Waals surface area contributed by atoms with Crippen molar-refractivity contribution >= 4 is 23.5 Å². The molecule has 0 saturated heterocycles. The molecule has 0 aliphatic heterocycles. The van der Waals surface area contributed by atoms with Crippen LogP contribution in [0, 0.1) is 6.92 Å². The van der Waals surface area contributed by atoms with Crippen LogP contribution in [0.1, 0.15) is 12.2 Å². The summed E-state index contributed by atoms with van der Waals surface area (Å²) in [6.07, 6.45) is 0.239. The highest BCUT2D eigenvalue weighted by Crippen LogP contribution is 2.02. The summed E-state index contributed by atoms with van der Waals surface area (Å²) in [7, 11) is 0. The van der Waals surface area contributed by atoms with Crippen LogP contribution in [0.4, 0.5) is 6.01 Å². The van der Waals surface area contributed by atoms with Gasteiger partial charge in [-0.15, -0.1) is 11.6 Å². The smallest absolute Gasteiger partial charge is 0.315 e. The molecular formula is C6H8ClN3O2. The molecule has 0 bridgehead atoms. The van der Waals surface area contributed by atoms with Gasteiger partial charge in [0.05, 0.1) is 0 Å². The highest BCUT2D eigenvalue weighted by molar-refractivity contribution is 6.19. The van der Waals surface area contributed by atoms with E-state index < -0.39 is 0 Å². The third-order valence-corrected chi connectivity index (χ3v) is 1.28. The number of hydrogen-bond donors (Lipinski definition) is 1. The van der Waals surface area contributed by atoms with Gasteiger partial charge in [-0.25, -0.2) is 0 Å². The van der Waals surface area contributed by atoms with Crippen molar-refractivity contribution < 1.29 is 9.32 Å². The Kier molecular flexibility index (Phi) is 3.04. The van der Waals surface area contributed by atoms with Crippen LogP contribution in [0.2, 0.25) is 0 Å². The predicted molar refractivity (Wildman–Crippen MR) is 43.0 cm³/mol. The average molecular weight is 190 g/mol. The van der Waals surface area contributed by atoms with Crippen molar-refractivity contribution in [3.05, 3.63) is 5.82 Å². The van der Waals surface area contributed by atoms with E-state index in [1.165, 1.54) is 0 Å². The zero-order valence-electron chi connectivity index (χ0n) is 6.50. The van der Waals surface area contributed by atoms with Gasteiger partial charge in [-0.3, -0.25) is 10.1 Å². The minimum atomic E-state index is -0.228. The summed E-state index contributed by atoms with van der Waals surface area (Å²) >= 11 is 5.34. The lowest BCUT2D eigenvalue weighted by Crippen LogP contribution is -2.11. The van der Waals surface area contributed by atoms with Gasteiger partial charge >= 0.3 is 6.01 Å². The Balaban J connectivity index is 2.46. The fraction of sp³-hybridized carbons (Fsp3) is 0.500. The van der Waals surface area contributed by atoms with Gasteiger partial charge in [0.2, 0.25) is 5.91 Å². The molecule has 0 atom stereocenters. The first-order valence-electron chi connectivity index (χ1n) is 3.38. The second kappa shape index (κ2) is 4.06. The lowest BCUT2D eigenvalue weighted by molar-refractivity contribution is -0.115. The van der Waals surface area contributed by atoms with Crippen LogP contribution in [0.25, 0.3) is 0 Å². The van der Waals surface area contributed by atoms with Gasteiger partial charge in [0, 0.05) is 12.3 Å². The molecule has 1 heterocycles. The number of alkyl halides is 1. The summed E-state index contributed by atoms with van der Waals surface area (Å²) in [4.78, 5) is 14.7. The largest absolute Gasteiger partial charge is 0.328 e. The molecule has 66 valence electrons. The van der Waals surface area contributed by atoms with E-state index in [0.29, 0.717) is 5.82 Å². The molecule has 5 nitrogen and oxygen atoms in total. The fourth-order valence-electron chi connectivity index (χ4n) is 0.615. The number of amides is 1. The number of carbonyl (C=O) groups excluding carboxylic acids is 1. The first-order valence-corrected chi connectivity index (χ1v) is 3.92. The Morgan fingerprint density at radius 2 is 2.50 bits per heavy atom. The Morgan fingerprint density at radius 3 is 3.00 bits per heavy atom. The summed E-state index contributed by atoms with van der Waals surface area (Å²) in [6, 6.07) is 0.114. The van der Waals surface area contributed by atoms with E-state index in [1.54, 1.807) is 6.92 Å². The Hall–Kier alpha value is -1.10. The predicted octanol–water partition coefficient (Wildman–Crippen LogP) is 0.945. The maximum Gasteiger partial charge on any atom is 0.328 e. The van der Waals surface area contributed by atoms with Crippen LogP contribution < -0.4 is 5.32 Å². The number of aryl methyl sites for hydroxylation is 1. The minimum absolute atomic E-state index is 0.114. The number of aromatic nitrogens is 2. The lowest BCUT2D eigenvalue weighted by atomic mass is 10.4. The number of nitrogens with zero attached hydrogens (tertiary/aromatic N) is 2. The minimum Gasteiger partial charge on any atom is -0.315 e. The SMILES string of the molecule is Cc1noc(NC(=O)CCCl)n1. The summed E-state index contributed by atoms with van der Waals surface area (Å²) in [6.45, 7) is 1.67. The number of carbonyl (C=O) groups is 1. The van der Waals surface area contributed by atoms with E-state index >= 15 is 0 Å². The molecule has 12 heavy (non-hydrogen) atoms. The number of rotatable bonds is 3. The second-order valence-corrected chi connectivity index (χ2v) is 2.51. The van der Waals surface area contributed by atoms with Crippen LogP contribution in [0.3, 0.4) is 0 Å². The Morgan fingerprint density at radius 1 is 1.75 bits per heavy atom. The lowest BCUT2D eigenvalue weighted by Gasteiger charge is -1.94. The van der Waals surface area contributed by atoms with Crippen LogP contribution >= 0.6 is 11.6 Å². The van der Waals surface area contributed by atoms with Crippen molar-refractivity contribution in [2.75, 3.05) is 11.2 Å². The van der Waals surface area contributed by atoms with Gasteiger partial charge in [0.15, 0.2) is 5.82 Å². The molecule has 1 rings (SSSR count). The van der Waals surface area contributed by atoms with Crippen molar-refractivity contribution in [1.82, 2.24) is 10.1 Å². The fourth-order valence-corrected chi connectivity index (χ4v) is 0.787. The summed E-state index contributed by atoms with van der Waals surface area (Å²) < 4.78 is 4.65. The van der Waals surface area contributed by atoms with E-state index in [2.05, 4.69) is 20.0 Å². The van der Waals surface area contributed by atoms with Crippen LogP contribution in [0.5, 0.6) is 0 Å². The van der Waals surface area contributed by atoms with Gasteiger partial charge < -0.3 is 4.52 Å². The molecule has 1 amide bonds. The Bertz CT molecular complexity index is 274. The first kappa shape index (κ1) is 8.99. The third kappa shape index (κ3) is 2.50. The van der Waals surface area contributed by atoms with Crippen molar-refractivity contribution in [2.45, 2.75) is 13.3 Å². The van der Waals surface area contributed by atoms with E-state index in [-0.39, 0.29) is 24.2 Å². The van der Waals surface area contributed by atoms with E-state index in [0.717, 1.165) is 0 Å². The maximum atomic E-state index is 10.9. The molecule has 0 radical (unpaired) electrons. The normalized spacial score (nSPS) is 9.83. The molecule has 1 N–H and O–H groups in total. The third-order valence-electron chi connectivity index (χ3n) is 1.10. The quantitative estimate of drug-likeness (QED) is 0.719. The maximum absolute atomic E-state index is 10.9. The molecule has 1 aromatic rings. The zero-order chi connectivity index (χ0) is 8.97. The topological polar surface area (TPSA) is 68.0 Å². The molecule has 0 spiro atoms. The summed E-state index contributed by atoms with van der Waals surface area (Å²) in [5.74, 6) is 0.531. The molecule has 0 saturated carbocycles.